The number of rotatable bonds is 6. The van der Waals surface area contributed by atoms with Crippen LogP contribution >= 0.6 is 15.9 Å². The molecule has 1 rings (SSSR count). The highest BCUT2D eigenvalue weighted by atomic mass is 79.9. The van der Waals surface area contributed by atoms with E-state index in [1.54, 1.807) is 7.11 Å². The van der Waals surface area contributed by atoms with Gasteiger partial charge in [-0.1, -0.05) is 28.1 Å². The second-order valence-corrected chi connectivity index (χ2v) is 4.10. The molecule has 15 heavy (non-hydrogen) atoms. The van der Waals surface area contributed by atoms with Crippen LogP contribution in [0.5, 0.6) is 0 Å². The Morgan fingerprint density at radius 3 is 2.80 bits per heavy atom. The molecular formula is C11H16BrNO2. The van der Waals surface area contributed by atoms with Gasteiger partial charge >= 0.3 is 0 Å². The van der Waals surface area contributed by atoms with Gasteiger partial charge in [-0.15, -0.1) is 0 Å². The average molecular weight is 274 g/mol. The lowest BCUT2D eigenvalue weighted by Crippen LogP contribution is -2.17. The number of ether oxygens (including phenoxy) is 1. The molecule has 0 saturated heterocycles. The lowest BCUT2D eigenvalue weighted by Gasteiger charge is -2.06. The van der Waals surface area contributed by atoms with Crippen molar-refractivity contribution in [2.45, 2.75) is 13.5 Å². The van der Waals surface area contributed by atoms with E-state index < -0.39 is 0 Å². The van der Waals surface area contributed by atoms with E-state index in [2.05, 4.69) is 40.5 Å². The molecule has 0 heterocycles. The van der Waals surface area contributed by atoms with Crippen LogP contribution in [0.15, 0.2) is 22.7 Å². The van der Waals surface area contributed by atoms with Crippen LogP contribution in [0.25, 0.3) is 0 Å². The number of nitrogens with one attached hydrogen (secondary N) is 1. The van der Waals surface area contributed by atoms with Crippen LogP contribution in [-0.4, -0.2) is 20.3 Å². The Bertz CT molecular complexity index is 305. The fourth-order valence-corrected chi connectivity index (χ4v) is 1.39. The molecule has 1 N–H and O–H groups in total. The van der Waals surface area contributed by atoms with E-state index in [0.717, 1.165) is 4.47 Å². The first kappa shape index (κ1) is 12.6. The molecule has 0 aliphatic carbocycles. The van der Waals surface area contributed by atoms with Gasteiger partial charge in [0, 0.05) is 18.1 Å². The minimum absolute atomic E-state index is 0.562. The summed E-state index contributed by atoms with van der Waals surface area (Å²) >= 11 is 3.46. The molecule has 3 nitrogen and oxygen atoms in total. The van der Waals surface area contributed by atoms with Crippen LogP contribution in [0, 0.1) is 6.92 Å². The molecule has 0 aliphatic heterocycles. The Morgan fingerprint density at radius 2 is 2.13 bits per heavy atom. The van der Waals surface area contributed by atoms with Crippen LogP contribution in [0.2, 0.25) is 0 Å². The van der Waals surface area contributed by atoms with Crippen molar-refractivity contribution in [2.24, 2.45) is 0 Å². The van der Waals surface area contributed by atoms with E-state index in [4.69, 9.17) is 9.57 Å². The van der Waals surface area contributed by atoms with Crippen LogP contribution in [-0.2, 0) is 16.1 Å². The van der Waals surface area contributed by atoms with Gasteiger partial charge in [0.05, 0.1) is 13.2 Å². The van der Waals surface area contributed by atoms with Gasteiger partial charge in [-0.2, -0.15) is 5.48 Å². The standard InChI is InChI=1S/C11H16BrNO2/c1-9-7-10(3-4-11(9)12)8-13-15-6-5-14-2/h3-4,7,13H,5-6,8H2,1-2H3. The second-order valence-electron chi connectivity index (χ2n) is 3.25. The van der Waals surface area contributed by atoms with E-state index >= 15 is 0 Å². The Labute approximate surface area is 98.9 Å². The lowest BCUT2D eigenvalue weighted by atomic mass is 10.1. The molecule has 1 aromatic rings. The van der Waals surface area contributed by atoms with Crippen molar-refractivity contribution >= 4 is 15.9 Å². The summed E-state index contributed by atoms with van der Waals surface area (Å²) in [6.07, 6.45) is 0. The number of benzene rings is 1. The molecule has 0 spiro atoms. The van der Waals surface area contributed by atoms with Crippen molar-refractivity contribution in [1.29, 1.82) is 0 Å². The molecule has 0 saturated carbocycles. The summed E-state index contributed by atoms with van der Waals surface area (Å²) in [4.78, 5) is 5.16. The predicted molar refractivity (Wildman–Crippen MR) is 63.5 cm³/mol. The first-order valence-electron chi connectivity index (χ1n) is 4.82. The monoisotopic (exact) mass is 273 g/mol. The van der Waals surface area contributed by atoms with Gasteiger partial charge < -0.3 is 4.74 Å². The Morgan fingerprint density at radius 1 is 1.33 bits per heavy atom. The zero-order chi connectivity index (χ0) is 11.1. The molecule has 1 aromatic carbocycles. The van der Waals surface area contributed by atoms with E-state index in [9.17, 15) is 0 Å². The number of hydroxylamine groups is 1. The number of hydrogen-bond donors (Lipinski definition) is 1. The minimum Gasteiger partial charge on any atom is -0.382 e. The second kappa shape index (κ2) is 6.95. The fourth-order valence-electron chi connectivity index (χ4n) is 1.15. The normalized spacial score (nSPS) is 10.6. The zero-order valence-electron chi connectivity index (χ0n) is 9.05. The summed E-state index contributed by atoms with van der Waals surface area (Å²) in [5.74, 6) is 0. The van der Waals surface area contributed by atoms with Gasteiger partial charge in [0.15, 0.2) is 0 Å². The van der Waals surface area contributed by atoms with Gasteiger partial charge in [-0.25, -0.2) is 0 Å². The highest BCUT2D eigenvalue weighted by Gasteiger charge is 1.97. The highest BCUT2D eigenvalue weighted by Crippen LogP contribution is 2.16. The molecule has 0 unspecified atom stereocenters. The van der Waals surface area contributed by atoms with E-state index in [1.165, 1.54) is 11.1 Å². The summed E-state index contributed by atoms with van der Waals surface area (Å²) in [7, 11) is 1.65. The van der Waals surface area contributed by atoms with Crippen molar-refractivity contribution in [3.63, 3.8) is 0 Å². The molecule has 0 atom stereocenters. The van der Waals surface area contributed by atoms with Crippen molar-refractivity contribution < 1.29 is 9.57 Å². The number of halogens is 1. The van der Waals surface area contributed by atoms with Crippen molar-refractivity contribution in [3.05, 3.63) is 33.8 Å². The average Bonchev–Trinajstić information content (AvgIpc) is 2.23. The summed E-state index contributed by atoms with van der Waals surface area (Å²) in [6.45, 7) is 3.94. The summed E-state index contributed by atoms with van der Waals surface area (Å²) in [5, 5.41) is 0. The summed E-state index contributed by atoms with van der Waals surface area (Å²) in [6, 6.07) is 6.22. The highest BCUT2D eigenvalue weighted by molar-refractivity contribution is 9.10. The summed E-state index contributed by atoms with van der Waals surface area (Å²) < 4.78 is 5.99. The minimum atomic E-state index is 0.562. The Balaban J connectivity index is 2.28. The molecule has 0 bridgehead atoms. The van der Waals surface area contributed by atoms with Gasteiger partial charge in [0.1, 0.15) is 0 Å². The predicted octanol–water partition coefficient (Wildman–Crippen LogP) is 2.43. The van der Waals surface area contributed by atoms with E-state index in [1.807, 2.05) is 6.07 Å². The Kier molecular flexibility index (Phi) is 5.86. The first-order valence-corrected chi connectivity index (χ1v) is 5.62. The topological polar surface area (TPSA) is 30.5 Å². The lowest BCUT2D eigenvalue weighted by molar-refractivity contribution is 0.00346. The third-order valence-electron chi connectivity index (χ3n) is 1.99. The van der Waals surface area contributed by atoms with Gasteiger partial charge in [-0.05, 0) is 24.1 Å². The molecule has 4 heteroatoms. The molecule has 0 fully saturated rings. The maximum absolute atomic E-state index is 5.16. The van der Waals surface area contributed by atoms with Crippen LogP contribution in [0.4, 0.5) is 0 Å². The quantitative estimate of drug-likeness (QED) is 0.638. The smallest absolute Gasteiger partial charge is 0.0916 e. The maximum atomic E-state index is 5.16. The SMILES string of the molecule is COCCONCc1ccc(Br)c(C)c1. The molecule has 0 aromatic heterocycles. The van der Waals surface area contributed by atoms with E-state index in [-0.39, 0.29) is 0 Å². The Hall–Kier alpha value is -0.420. The molecular weight excluding hydrogens is 258 g/mol. The van der Waals surface area contributed by atoms with Gasteiger partial charge in [-0.3, -0.25) is 4.84 Å². The number of methoxy groups -OCH3 is 1. The van der Waals surface area contributed by atoms with Crippen LogP contribution < -0.4 is 5.48 Å². The summed E-state index contributed by atoms with van der Waals surface area (Å²) in [5.41, 5.74) is 5.32. The molecule has 84 valence electrons. The van der Waals surface area contributed by atoms with E-state index in [0.29, 0.717) is 19.8 Å². The third kappa shape index (κ3) is 4.75. The van der Waals surface area contributed by atoms with Crippen molar-refractivity contribution in [1.82, 2.24) is 5.48 Å². The van der Waals surface area contributed by atoms with Gasteiger partial charge in [0.2, 0.25) is 0 Å². The maximum Gasteiger partial charge on any atom is 0.0916 e. The number of aryl methyl sites for hydroxylation is 1. The first-order chi connectivity index (χ1) is 7.24. The molecule has 0 amide bonds. The van der Waals surface area contributed by atoms with Crippen molar-refractivity contribution in [3.8, 4) is 0 Å². The zero-order valence-corrected chi connectivity index (χ0v) is 10.6. The van der Waals surface area contributed by atoms with Crippen LogP contribution in [0.1, 0.15) is 11.1 Å². The van der Waals surface area contributed by atoms with Crippen LogP contribution in [0.3, 0.4) is 0 Å². The fraction of sp³-hybridized carbons (Fsp3) is 0.455. The van der Waals surface area contributed by atoms with Gasteiger partial charge in [0.25, 0.3) is 0 Å². The number of hydrogen-bond acceptors (Lipinski definition) is 3. The largest absolute Gasteiger partial charge is 0.382 e. The van der Waals surface area contributed by atoms with Crippen molar-refractivity contribution in [2.75, 3.05) is 20.3 Å². The molecule has 0 aliphatic rings. The third-order valence-corrected chi connectivity index (χ3v) is 2.88. The molecule has 0 radical (unpaired) electrons.